The van der Waals surface area contributed by atoms with Crippen LogP contribution in [0.3, 0.4) is 0 Å². The van der Waals surface area contributed by atoms with E-state index < -0.39 is 0 Å². The molecular weight excluding hydrogens is 693 g/mol. The maximum atomic E-state index is 11.7. The van der Waals surface area contributed by atoms with Gasteiger partial charge in [0.25, 0.3) is 0 Å². The largest absolute Gasteiger partial charge is 0.358 e. The Kier molecular flexibility index (Phi) is 12.7. The molecule has 0 radical (unpaired) electrons. The third kappa shape index (κ3) is 9.49. The van der Waals surface area contributed by atoms with Crippen molar-refractivity contribution >= 4 is 63.5 Å². The first-order valence-electron chi connectivity index (χ1n) is 15.6. The molecule has 6 aromatic rings. The Bertz CT molecular complexity index is 1830. The van der Waals surface area contributed by atoms with E-state index in [4.69, 9.17) is 0 Å². The van der Waals surface area contributed by atoms with E-state index in [1.165, 1.54) is 14.7 Å². The fourth-order valence-electron chi connectivity index (χ4n) is 5.02. The van der Waals surface area contributed by atoms with E-state index in [1.807, 2.05) is 72.8 Å². The molecule has 0 atom stereocenters. The highest BCUT2D eigenvalue weighted by Gasteiger charge is 2.29. The fraction of sp³-hybridized carbons (Fsp3) is 0.0698. The molecule has 0 fully saturated rings. The molecule has 50 heavy (non-hydrogen) atoms. The Morgan fingerprint density at radius 2 is 0.520 bits per heavy atom. The molecule has 250 valence electrons. The lowest BCUT2D eigenvalue weighted by atomic mass is 10.2. The van der Waals surface area contributed by atoms with Gasteiger partial charge in [-0.3, -0.25) is 14.4 Å². The van der Waals surface area contributed by atoms with Crippen molar-refractivity contribution in [3.63, 3.8) is 0 Å². The van der Waals surface area contributed by atoms with E-state index in [1.54, 1.807) is 56.1 Å². The summed E-state index contributed by atoms with van der Waals surface area (Å²) in [6, 6.07) is 49.5. The standard InChI is InChI=1S/C42H33O3S4.CH3/c1-28(43)31-4-10-34(11-5-31)46-37-16-22-40(23-17-37)49(41-24-18-38(19-25-41)47-35-12-6-32(7-13-35)29(2)44)42-26-20-39(21-27-42)48-36-14-8-33(9-15-36)30(3)45;/h4-27H,1-3H3;1H3/q+1;-1. The monoisotopic (exact) mass is 728 g/mol. The van der Waals surface area contributed by atoms with Crippen LogP contribution in [0.2, 0.25) is 0 Å². The van der Waals surface area contributed by atoms with Crippen LogP contribution in [-0.4, -0.2) is 17.3 Å². The Labute approximate surface area is 310 Å². The normalized spacial score (nSPS) is 10.8. The molecule has 0 aliphatic heterocycles. The van der Waals surface area contributed by atoms with Crippen molar-refractivity contribution in [2.45, 2.75) is 64.8 Å². The topological polar surface area (TPSA) is 51.2 Å². The van der Waals surface area contributed by atoms with Crippen molar-refractivity contribution in [2.24, 2.45) is 0 Å². The summed E-state index contributed by atoms with van der Waals surface area (Å²) in [5.41, 5.74) is 2.15. The highest BCUT2D eigenvalue weighted by Crippen LogP contribution is 2.37. The summed E-state index contributed by atoms with van der Waals surface area (Å²) >= 11 is 5.04. The van der Waals surface area contributed by atoms with Crippen LogP contribution in [0, 0.1) is 7.43 Å². The van der Waals surface area contributed by atoms with E-state index >= 15 is 0 Å². The average molecular weight is 729 g/mol. The second-order valence-electron chi connectivity index (χ2n) is 11.3. The fourth-order valence-corrected chi connectivity index (χ4v) is 9.51. The summed E-state index contributed by atoms with van der Waals surface area (Å²) in [4.78, 5) is 45.4. The zero-order chi connectivity index (χ0) is 34.3. The third-order valence-electron chi connectivity index (χ3n) is 7.67. The highest BCUT2D eigenvalue weighted by molar-refractivity contribution is 8.00. The van der Waals surface area contributed by atoms with Crippen LogP contribution < -0.4 is 0 Å². The highest BCUT2D eigenvalue weighted by atomic mass is 32.2. The molecule has 3 nitrogen and oxygen atoms in total. The van der Waals surface area contributed by atoms with Gasteiger partial charge in [-0.05, 0) is 130 Å². The first-order chi connectivity index (χ1) is 23.7. The maximum absolute atomic E-state index is 11.7. The lowest BCUT2D eigenvalue weighted by Gasteiger charge is -2.11. The van der Waals surface area contributed by atoms with Crippen LogP contribution >= 0.6 is 35.3 Å². The van der Waals surface area contributed by atoms with Gasteiger partial charge in [-0.25, -0.2) is 0 Å². The van der Waals surface area contributed by atoms with Gasteiger partial charge in [0.05, 0.1) is 10.9 Å². The van der Waals surface area contributed by atoms with E-state index in [-0.39, 0.29) is 35.7 Å². The predicted octanol–water partition coefficient (Wildman–Crippen LogP) is 12.3. The Balaban J connectivity index is 0.00000486. The number of carbonyl (C=O) groups is 3. The molecule has 6 aromatic carbocycles. The van der Waals surface area contributed by atoms with E-state index in [2.05, 4.69) is 72.8 Å². The Hall–Kier alpha value is -4.27. The van der Waals surface area contributed by atoms with Crippen molar-refractivity contribution in [3.05, 3.63) is 170 Å². The summed E-state index contributed by atoms with van der Waals surface area (Å²) in [5, 5.41) is 0. The number of hydrogen-bond acceptors (Lipinski definition) is 6. The lowest BCUT2D eigenvalue weighted by Crippen LogP contribution is -2.04. The van der Waals surface area contributed by atoms with E-state index in [9.17, 15) is 14.4 Å². The number of hydrogen-bond donors (Lipinski definition) is 0. The number of benzene rings is 6. The Morgan fingerprint density at radius 1 is 0.340 bits per heavy atom. The van der Waals surface area contributed by atoms with Crippen molar-refractivity contribution in [3.8, 4) is 0 Å². The average Bonchev–Trinajstić information content (AvgIpc) is 3.11. The Morgan fingerprint density at radius 3 is 0.700 bits per heavy atom. The van der Waals surface area contributed by atoms with Gasteiger partial charge in [-0.1, -0.05) is 71.7 Å². The minimum atomic E-state index is -0.344. The molecule has 0 saturated heterocycles. The van der Waals surface area contributed by atoms with Gasteiger partial charge in [0, 0.05) is 46.1 Å². The van der Waals surface area contributed by atoms with Crippen LogP contribution in [0.1, 0.15) is 51.8 Å². The van der Waals surface area contributed by atoms with Gasteiger partial charge in [-0.15, -0.1) is 0 Å². The van der Waals surface area contributed by atoms with Gasteiger partial charge in [-0.2, -0.15) is 0 Å². The minimum Gasteiger partial charge on any atom is -0.358 e. The second kappa shape index (κ2) is 17.1. The third-order valence-corrected chi connectivity index (χ3v) is 12.9. The molecule has 0 amide bonds. The van der Waals surface area contributed by atoms with Crippen molar-refractivity contribution < 1.29 is 14.4 Å². The van der Waals surface area contributed by atoms with Crippen molar-refractivity contribution in [1.82, 2.24) is 0 Å². The van der Waals surface area contributed by atoms with Crippen molar-refractivity contribution in [2.75, 3.05) is 0 Å². The molecular formula is C43H36O3S4. The quantitative estimate of drug-likeness (QED) is 0.0710. The van der Waals surface area contributed by atoms with Crippen LogP contribution in [-0.2, 0) is 10.9 Å². The van der Waals surface area contributed by atoms with E-state index in [0.29, 0.717) is 16.7 Å². The SMILES string of the molecule is CC(=O)c1ccc(Sc2ccc([S+](c3ccc(Sc4ccc(C(C)=O)cc4)cc3)c3ccc(Sc4ccc(C(C)=O)cc4)cc3)cc2)cc1.[CH3-]. The number of carbonyl (C=O) groups excluding carboxylic acids is 3. The maximum Gasteiger partial charge on any atom is 0.166 e. The predicted molar refractivity (Wildman–Crippen MR) is 210 cm³/mol. The smallest absolute Gasteiger partial charge is 0.166 e. The van der Waals surface area contributed by atoms with Crippen LogP contribution in [0.4, 0.5) is 0 Å². The molecule has 0 unspecified atom stereocenters. The van der Waals surface area contributed by atoms with Gasteiger partial charge in [0.2, 0.25) is 0 Å². The zero-order valence-electron chi connectivity index (χ0n) is 28.2. The number of Topliss-reactive ketones (excluding diaryl/α,β-unsaturated/α-hetero) is 3. The van der Waals surface area contributed by atoms with Gasteiger partial charge in [0.15, 0.2) is 32.0 Å². The molecule has 0 saturated carbocycles. The molecule has 0 spiro atoms. The van der Waals surface area contributed by atoms with E-state index in [0.717, 1.165) is 29.4 Å². The van der Waals surface area contributed by atoms with Gasteiger partial charge in [0.1, 0.15) is 0 Å². The summed E-state index contributed by atoms with van der Waals surface area (Å²) in [5.74, 6) is 0.202. The molecule has 0 aliphatic carbocycles. The summed E-state index contributed by atoms with van der Waals surface area (Å²) in [6.45, 7) is 4.75. The van der Waals surface area contributed by atoms with Crippen molar-refractivity contribution in [1.29, 1.82) is 0 Å². The lowest BCUT2D eigenvalue weighted by molar-refractivity contribution is 0.100. The van der Waals surface area contributed by atoms with Crippen LogP contribution in [0.5, 0.6) is 0 Å². The second-order valence-corrected chi connectivity index (χ2v) is 16.7. The molecule has 0 aliphatic rings. The summed E-state index contributed by atoms with van der Waals surface area (Å²) in [6.07, 6.45) is 0. The van der Waals surface area contributed by atoms with Gasteiger partial charge >= 0.3 is 0 Å². The minimum absolute atomic E-state index is 0. The first kappa shape index (κ1) is 37.0. The zero-order valence-corrected chi connectivity index (χ0v) is 31.5. The molecule has 0 bridgehead atoms. The van der Waals surface area contributed by atoms with Crippen LogP contribution in [0.25, 0.3) is 0 Å². The first-order valence-corrected chi connectivity index (χ1v) is 19.3. The number of ketones is 3. The summed E-state index contributed by atoms with van der Waals surface area (Å²) in [7, 11) is -0.344. The number of rotatable bonds is 12. The molecule has 0 N–H and O–H groups in total. The molecule has 6 rings (SSSR count). The van der Waals surface area contributed by atoms with Crippen LogP contribution in [0.15, 0.2) is 190 Å². The molecule has 0 heterocycles. The van der Waals surface area contributed by atoms with Gasteiger partial charge < -0.3 is 7.43 Å². The molecule has 7 heteroatoms. The molecule has 0 aromatic heterocycles. The summed E-state index contributed by atoms with van der Waals surface area (Å²) < 4.78 is 0.